The molecule has 5 nitrogen and oxygen atoms in total. The third kappa shape index (κ3) is 2.89. The number of carbonyl (C=O) groups is 1. The van der Waals surface area contributed by atoms with Gasteiger partial charge in [-0.25, -0.2) is 0 Å². The minimum Gasteiger partial charge on any atom is -0.504 e. The number of benzene rings is 1. The van der Waals surface area contributed by atoms with Gasteiger partial charge in [0.25, 0.3) is 0 Å². The van der Waals surface area contributed by atoms with Crippen LogP contribution in [0, 0.1) is 6.92 Å². The first-order valence-corrected chi connectivity index (χ1v) is 5.71. The van der Waals surface area contributed by atoms with Crippen LogP contribution in [-0.4, -0.2) is 23.3 Å². The molecule has 17 heavy (non-hydrogen) atoms. The van der Waals surface area contributed by atoms with Gasteiger partial charge in [-0.1, -0.05) is 15.9 Å². The highest BCUT2D eigenvalue weighted by atomic mass is 79.9. The number of halogens is 1. The van der Waals surface area contributed by atoms with Crippen LogP contribution in [0.4, 0.5) is 0 Å². The first-order chi connectivity index (χ1) is 7.88. The highest BCUT2D eigenvalue weighted by molar-refractivity contribution is 9.10. The number of carboxylic acid groups (broad SMARTS) is 1. The smallest absolute Gasteiger partial charge is 0.305 e. The van der Waals surface area contributed by atoms with Crippen molar-refractivity contribution in [3.8, 4) is 11.5 Å². The SMILES string of the molecule is COc1c(C)c(Br)cc(C(N)CC(=O)O)c1O. The normalized spacial score (nSPS) is 12.2. The zero-order valence-electron chi connectivity index (χ0n) is 9.53. The Morgan fingerprint density at radius 2 is 2.24 bits per heavy atom. The number of rotatable bonds is 4. The van der Waals surface area contributed by atoms with E-state index in [1.165, 1.54) is 7.11 Å². The van der Waals surface area contributed by atoms with Crippen molar-refractivity contribution in [2.75, 3.05) is 7.11 Å². The summed E-state index contributed by atoms with van der Waals surface area (Å²) in [5, 5.41) is 18.6. The number of nitrogens with two attached hydrogens (primary N) is 1. The Labute approximate surface area is 107 Å². The fourth-order valence-electron chi connectivity index (χ4n) is 1.56. The van der Waals surface area contributed by atoms with Crippen LogP contribution in [0.5, 0.6) is 11.5 Å². The average molecular weight is 304 g/mol. The van der Waals surface area contributed by atoms with Crippen LogP contribution < -0.4 is 10.5 Å². The van der Waals surface area contributed by atoms with Gasteiger partial charge in [-0.05, 0) is 13.0 Å². The number of hydrogen-bond acceptors (Lipinski definition) is 4. The largest absolute Gasteiger partial charge is 0.504 e. The van der Waals surface area contributed by atoms with Gasteiger partial charge < -0.3 is 20.7 Å². The lowest BCUT2D eigenvalue weighted by atomic mass is 10.0. The van der Waals surface area contributed by atoms with E-state index in [-0.39, 0.29) is 12.2 Å². The summed E-state index contributed by atoms with van der Waals surface area (Å²) in [5.41, 5.74) is 6.80. The van der Waals surface area contributed by atoms with Gasteiger partial charge in [0.1, 0.15) is 0 Å². The van der Waals surface area contributed by atoms with Crippen LogP contribution in [0.15, 0.2) is 10.5 Å². The van der Waals surface area contributed by atoms with Crippen molar-refractivity contribution in [3.05, 3.63) is 21.7 Å². The Hall–Kier alpha value is -1.27. The molecule has 1 atom stereocenters. The van der Waals surface area contributed by atoms with E-state index in [1.54, 1.807) is 13.0 Å². The molecule has 4 N–H and O–H groups in total. The number of aliphatic carboxylic acids is 1. The Morgan fingerprint density at radius 3 is 2.71 bits per heavy atom. The average Bonchev–Trinajstić information content (AvgIpc) is 2.23. The van der Waals surface area contributed by atoms with Crippen molar-refractivity contribution in [1.29, 1.82) is 0 Å². The molecule has 0 spiro atoms. The lowest BCUT2D eigenvalue weighted by Crippen LogP contribution is -2.15. The first kappa shape index (κ1) is 13.8. The third-order valence-electron chi connectivity index (χ3n) is 2.47. The summed E-state index contributed by atoms with van der Waals surface area (Å²) in [5.74, 6) is -0.829. The molecule has 0 fully saturated rings. The summed E-state index contributed by atoms with van der Waals surface area (Å²) < 4.78 is 5.78. The van der Waals surface area contributed by atoms with Crippen molar-refractivity contribution < 1.29 is 19.7 Å². The maximum atomic E-state index is 10.6. The minimum absolute atomic E-state index is 0.109. The van der Waals surface area contributed by atoms with E-state index in [1.807, 2.05) is 0 Å². The van der Waals surface area contributed by atoms with Crippen LogP contribution in [0.1, 0.15) is 23.6 Å². The Morgan fingerprint density at radius 1 is 1.65 bits per heavy atom. The second-order valence-electron chi connectivity index (χ2n) is 3.66. The lowest BCUT2D eigenvalue weighted by Gasteiger charge is -2.17. The third-order valence-corrected chi connectivity index (χ3v) is 3.29. The van der Waals surface area contributed by atoms with Crippen LogP contribution >= 0.6 is 15.9 Å². The van der Waals surface area contributed by atoms with Crippen molar-refractivity contribution in [2.45, 2.75) is 19.4 Å². The second-order valence-corrected chi connectivity index (χ2v) is 4.51. The van der Waals surface area contributed by atoms with Crippen LogP contribution in [0.25, 0.3) is 0 Å². The molecule has 0 saturated heterocycles. The summed E-state index contributed by atoms with van der Waals surface area (Å²) >= 11 is 3.31. The zero-order valence-corrected chi connectivity index (χ0v) is 11.1. The molecule has 0 bridgehead atoms. The van der Waals surface area contributed by atoms with Gasteiger partial charge in [-0.3, -0.25) is 4.79 Å². The molecule has 1 rings (SSSR count). The molecule has 0 radical (unpaired) electrons. The molecule has 0 amide bonds. The van der Waals surface area contributed by atoms with Gasteiger partial charge in [0.15, 0.2) is 11.5 Å². The van der Waals surface area contributed by atoms with E-state index >= 15 is 0 Å². The van der Waals surface area contributed by atoms with Crippen LogP contribution in [0.2, 0.25) is 0 Å². The fourth-order valence-corrected chi connectivity index (χ4v) is 1.99. The topological polar surface area (TPSA) is 92.8 Å². The van der Waals surface area contributed by atoms with Crippen LogP contribution in [0.3, 0.4) is 0 Å². The van der Waals surface area contributed by atoms with E-state index in [9.17, 15) is 9.90 Å². The zero-order chi connectivity index (χ0) is 13.2. The Bertz CT molecular complexity index is 448. The highest BCUT2D eigenvalue weighted by Gasteiger charge is 2.20. The Balaban J connectivity index is 3.25. The van der Waals surface area contributed by atoms with Crippen molar-refractivity contribution in [2.24, 2.45) is 5.73 Å². The summed E-state index contributed by atoms with van der Waals surface area (Å²) in [7, 11) is 1.43. The molecule has 0 aromatic heterocycles. The van der Waals surface area contributed by atoms with E-state index < -0.39 is 12.0 Å². The number of methoxy groups -OCH3 is 1. The van der Waals surface area contributed by atoms with Gasteiger partial charge in [0, 0.05) is 21.6 Å². The Kier molecular flexibility index (Phi) is 4.36. The lowest BCUT2D eigenvalue weighted by molar-refractivity contribution is -0.137. The van der Waals surface area contributed by atoms with Gasteiger partial charge >= 0.3 is 5.97 Å². The van der Waals surface area contributed by atoms with Crippen LogP contribution in [-0.2, 0) is 4.79 Å². The second kappa shape index (κ2) is 5.37. The maximum Gasteiger partial charge on any atom is 0.305 e. The maximum absolute atomic E-state index is 10.6. The molecular weight excluding hydrogens is 290 g/mol. The molecule has 0 saturated carbocycles. The minimum atomic E-state index is -1.02. The summed E-state index contributed by atoms with van der Waals surface area (Å²) in [6.45, 7) is 1.77. The quantitative estimate of drug-likeness (QED) is 0.790. The van der Waals surface area contributed by atoms with Gasteiger partial charge in [-0.2, -0.15) is 0 Å². The van der Waals surface area contributed by atoms with E-state index in [2.05, 4.69) is 15.9 Å². The standard InChI is InChI=1S/C11H14BrNO4/c1-5-7(12)3-6(8(13)4-9(14)15)10(16)11(5)17-2/h3,8,16H,4,13H2,1-2H3,(H,14,15). The first-order valence-electron chi connectivity index (χ1n) is 4.91. The highest BCUT2D eigenvalue weighted by Crippen LogP contribution is 2.40. The number of carboxylic acids is 1. The van der Waals surface area contributed by atoms with Crippen molar-refractivity contribution >= 4 is 21.9 Å². The van der Waals surface area contributed by atoms with Crippen molar-refractivity contribution in [3.63, 3.8) is 0 Å². The fraction of sp³-hybridized carbons (Fsp3) is 0.364. The summed E-state index contributed by atoms with van der Waals surface area (Å²) in [4.78, 5) is 10.6. The molecule has 94 valence electrons. The molecule has 1 aromatic carbocycles. The predicted molar refractivity (Wildman–Crippen MR) is 66.3 cm³/mol. The molecule has 0 heterocycles. The molecule has 1 aromatic rings. The number of phenolic OH excluding ortho intramolecular Hbond substituents is 1. The monoisotopic (exact) mass is 303 g/mol. The molecule has 0 aliphatic carbocycles. The summed E-state index contributed by atoms with van der Waals surface area (Å²) in [6, 6.07) is 0.833. The van der Waals surface area contributed by atoms with Crippen molar-refractivity contribution in [1.82, 2.24) is 0 Å². The van der Waals surface area contributed by atoms with E-state index in [4.69, 9.17) is 15.6 Å². The molecule has 6 heteroatoms. The number of aromatic hydroxyl groups is 1. The van der Waals surface area contributed by atoms with E-state index in [0.717, 1.165) is 5.56 Å². The number of phenols is 1. The molecule has 0 aliphatic heterocycles. The number of ether oxygens (including phenoxy) is 1. The molecule has 1 unspecified atom stereocenters. The number of hydrogen-bond donors (Lipinski definition) is 3. The van der Waals surface area contributed by atoms with Gasteiger partial charge in [-0.15, -0.1) is 0 Å². The van der Waals surface area contributed by atoms with Gasteiger partial charge in [0.05, 0.1) is 13.5 Å². The van der Waals surface area contributed by atoms with Gasteiger partial charge in [0.2, 0.25) is 0 Å². The van der Waals surface area contributed by atoms with E-state index in [0.29, 0.717) is 15.8 Å². The predicted octanol–water partition coefficient (Wildman–Crippen LogP) is 1.95. The summed E-state index contributed by atoms with van der Waals surface area (Å²) in [6.07, 6.45) is -0.258. The molecule has 0 aliphatic rings. The molecular formula is C11H14BrNO4.